The summed E-state index contributed by atoms with van der Waals surface area (Å²) < 4.78 is 6.70. The van der Waals surface area contributed by atoms with Crippen molar-refractivity contribution in [2.24, 2.45) is 0 Å². The maximum atomic E-state index is 12.5. The van der Waals surface area contributed by atoms with Gasteiger partial charge in [0.15, 0.2) is 14.8 Å². The molecule has 29 heavy (non-hydrogen) atoms. The fourth-order valence-corrected chi connectivity index (χ4v) is 5.55. The number of anilines is 1. The quantitative estimate of drug-likeness (QED) is 0.610. The molecule has 1 saturated heterocycles. The van der Waals surface area contributed by atoms with Crippen molar-refractivity contribution < 1.29 is 14.0 Å². The molecule has 3 heterocycles. The van der Waals surface area contributed by atoms with E-state index in [1.165, 1.54) is 35.9 Å². The van der Waals surface area contributed by atoms with Crippen molar-refractivity contribution in [2.45, 2.75) is 36.1 Å². The molecule has 2 aromatic heterocycles. The summed E-state index contributed by atoms with van der Waals surface area (Å²) in [5, 5.41) is 12.4. The lowest BCUT2D eigenvalue weighted by molar-refractivity contribution is -0.119. The highest BCUT2D eigenvalue weighted by Gasteiger charge is 2.26. The van der Waals surface area contributed by atoms with Gasteiger partial charge in [-0.15, -0.1) is 10.2 Å². The molecule has 4 rings (SSSR count). The van der Waals surface area contributed by atoms with Crippen LogP contribution in [0.5, 0.6) is 0 Å². The maximum absolute atomic E-state index is 12.5. The van der Waals surface area contributed by atoms with Crippen LogP contribution < -0.4 is 10.2 Å². The zero-order valence-electron chi connectivity index (χ0n) is 15.8. The van der Waals surface area contributed by atoms with Crippen molar-refractivity contribution in [1.29, 1.82) is 0 Å². The van der Waals surface area contributed by atoms with Crippen LogP contribution in [0, 0.1) is 0 Å². The summed E-state index contributed by atoms with van der Waals surface area (Å²) in [6, 6.07) is 3.74. The molecule has 0 atom stereocenters. The Morgan fingerprint density at radius 1 is 1.21 bits per heavy atom. The smallest absolute Gasteiger partial charge is 0.289 e. The third-order valence-electron chi connectivity index (χ3n) is 5.06. The minimum atomic E-state index is -0.0999. The molecule has 1 aliphatic heterocycles. The molecule has 1 aliphatic carbocycles. The Labute approximate surface area is 185 Å². The first-order valence-corrected chi connectivity index (χ1v) is 12.2. The summed E-state index contributed by atoms with van der Waals surface area (Å²) >= 11 is 6.14. The van der Waals surface area contributed by atoms with Crippen LogP contribution in [0.15, 0.2) is 25.6 Å². The molecule has 0 bridgehead atoms. The molecule has 156 valence electrons. The second-order valence-corrected chi connectivity index (χ2v) is 10.0. The van der Waals surface area contributed by atoms with E-state index in [0.29, 0.717) is 48.4 Å². The Kier molecular flexibility index (Phi) is 6.76. The van der Waals surface area contributed by atoms with Gasteiger partial charge in [0, 0.05) is 32.2 Å². The van der Waals surface area contributed by atoms with Crippen molar-refractivity contribution in [1.82, 2.24) is 20.4 Å². The van der Waals surface area contributed by atoms with Gasteiger partial charge in [-0.2, -0.15) is 0 Å². The Balaban J connectivity index is 1.23. The van der Waals surface area contributed by atoms with Crippen molar-refractivity contribution in [2.75, 3.05) is 36.8 Å². The van der Waals surface area contributed by atoms with Gasteiger partial charge < -0.3 is 19.5 Å². The molecule has 11 heteroatoms. The van der Waals surface area contributed by atoms with Gasteiger partial charge in [-0.25, -0.2) is 0 Å². The van der Waals surface area contributed by atoms with Crippen LogP contribution in [0.1, 0.15) is 36.2 Å². The van der Waals surface area contributed by atoms with E-state index in [9.17, 15) is 9.59 Å². The second kappa shape index (κ2) is 9.48. The lowest BCUT2D eigenvalue weighted by Gasteiger charge is -2.33. The average molecular weight is 500 g/mol. The van der Waals surface area contributed by atoms with Crippen LogP contribution in [-0.2, 0) is 4.79 Å². The number of rotatable bonds is 6. The van der Waals surface area contributed by atoms with E-state index < -0.39 is 0 Å². The largest absolute Gasteiger partial charge is 0.444 e. The number of nitrogens with one attached hydrogen (secondary N) is 1. The van der Waals surface area contributed by atoms with E-state index in [2.05, 4.69) is 36.3 Å². The number of nitrogens with zero attached hydrogens (tertiary/aromatic N) is 4. The molecule has 0 radical (unpaired) electrons. The van der Waals surface area contributed by atoms with Gasteiger partial charge in [0.25, 0.3) is 5.91 Å². The van der Waals surface area contributed by atoms with Gasteiger partial charge in [0.2, 0.25) is 11.0 Å². The van der Waals surface area contributed by atoms with Gasteiger partial charge in [-0.3, -0.25) is 9.59 Å². The molecule has 1 saturated carbocycles. The summed E-state index contributed by atoms with van der Waals surface area (Å²) in [5.41, 5.74) is 0. The molecule has 0 aromatic carbocycles. The second-order valence-electron chi connectivity index (χ2n) is 7.07. The minimum absolute atomic E-state index is 0.0651. The van der Waals surface area contributed by atoms with E-state index in [4.69, 9.17) is 4.42 Å². The summed E-state index contributed by atoms with van der Waals surface area (Å²) in [6.45, 7) is 2.58. The third-order valence-corrected chi connectivity index (χ3v) is 7.61. The van der Waals surface area contributed by atoms with Gasteiger partial charge in [0.1, 0.15) is 0 Å². The van der Waals surface area contributed by atoms with Gasteiger partial charge in [0.05, 0.1) is 5.75 Å². The summed E-state index contributed by atoms with van der Waals surface area (Å²) in [7, 11) is 0. The lowest BCUT2D eigenvalue weighted by Crippen LogP contribution is -2.48. The Morgan fingerprint density at radius 3 is 2.66 bits per heavy atom. The first-order chi connectivity index (χ1) is 14.1. The number of carbonyl (C=O) groups excluding carboxylic acids is 2. The number of hydrogen-bond acceptors (Lipinski definition) is 8. The van der Waals surface area contributed by atoms with Crippen LogP contribution >= 0.6 is 39.0 Å². The Morgan fingerprint density at radius 2 is 1.97 bits per heavy atom. The van der Waals surface area contributed by atoms with Crippen LogP contribution in [0.4, 0.5) is 5.13 Å². The number of furan rings is 1. The van der Waals surface area contributed by atoms with Crippen molar-refractivity contribution >= 4 is 56.0 Å². The third kappa shape index (κ3) is 5.32. The molecule has 0 unspecified atom stereocenters. The fraction of sp³-hybridized carbons (Fsp3) is 0.556. The van der Waals surface area contributed by atoms with Crippen LogP contribution in [0.25, 0.3) is 0 Å². The SMILES string of the molecule is O=C(CSc1nnc(N2CCN(C(=O)c3ccc(Br)o3)CC2)s1)NC1CCCC1. The topological polar surface area (TPSA) is 91.6 Å². The Bertz CT molecular complexity index is 859. The van der Waals surface area contributed by atoms with Crippen molar-refractivity contribution in [3.8, 4) is 0 Å². The fourth-order valence-electron chi connectivity index (χ4n) is 3.54. The average Bonchev–Trinajstić information content (AvgIpc) is 3.48. The number of piperazine rings is 1. The van der Waals surface area contributed by atoms with Gasteiger partial charge >= 0.3 is 0 Å². The molecule has 2 aromatic rings. The van der Waals surface area contributed by atoms with E-state index >= 15 is 0 Å². The van der Waals surface area contributed by atoms with Crippen molar-refractivity contribution in [3.63, 3.8) is 0 Å². The molecule has 2 amide bonds. The summed E-state index contributed by atoms with van der Waals surface area (Å²) in [4.78, 5) is 28.4. The van der Waals surface area contributed by atoms with E-state index in [1.54, 1.807) is 17.0 Å². The van der Waals surface area contributed by atoms with Gasteiger partial charge in [-0.1, -0.05) is 35.9 Å². The van der Waals surface area contributed by atoms with E-state index in [0.717, 1.165) is 22.3 Å². The van der Waals surface area contributed by atoms with Crippen LogP contribution in [0.3, 0.4) is 0 Å². The summed E-state index contributed by atoms with van der Waals surface area (Å²) in [5.74, 6) is 0.676. The zero-order valence-corrected chi connectivity index (χ0v) is 19.0. The van der Waals surface area contributed by atoms with Crippen molar-refractivity contribution in [3.05, 3.63) is 22.6 Å². The molecule has 2 fully saturated rings. The molecule has 0 spiro atoms. The maximum Gasteiger partial charge on any atom is 0.289 e. The molecular weight excluding hydrogens is 478 g/mol. The van der Waals surface area contributed by atoms with E-state index in [1.807, 2.05) is 0 Å². The highest BCUT2D eigenvalue weighted by Crippen LogP contribution is 2.29. The van der Waals surface area contributed by atoms with Gasteiger partial charge in [-0.05, 0) is 40.9 Å². The first kappa shape index (κ1) is 20.7. The molecule has 8 nitrogen and oxygen atoms in total. The number of thioether (sulfide) groups is 1. The monoisotopic (exact) mass is 499 g/mol. The minimum Gasteiger partial charge on any atom is -0.444 e. The number of halogens is 1. The molecule has 1 N–H and O–H groups in total. The zero-order chi connectivity index (χ0) is 20.2. The first-order valence-electron chi connectivity index (χ1n) is 9.64. The summed E-state index contributed by atoms with van der Waals surface area (Å²) in [6.07, 6.45) is 4.58. The highest BCUT2D eigenvalue weighted by molar-refractivity contribution is 9.10. The number of aromatic nitrogens is 2. The van der Waals surface area contributed by atoms with Crippen LogP contribution in [0.2, 0.25) is 0 Å². The molecule has 2 aliphatic rings. The molecular formula is C18H22BrN5O3S2. The standard InChI is InChI=1S/C18H22BrN5O3S2/c19-14-6-5-13(27-14)16(26)23-7-9-24(10-8-23)17-21-22-18(29-17)28-11-15(25)20-12-3-1-2-4-12/h5-6,12H,1-4,7-11H2,(H,20,25). The Hall–Kier alpha value is -1.59. The highest BCUT2D eigenvalue weighted by atomic mass is 79.9. The predicted octanol–water partition coefficient (Wildman–Crippen LogP) is 3.01. The number of amides is 2. The predicted molar refractivity (Wildman–Crippen MR) is 116 cm³/mol. The lowest BCUT2D eigenvalue weighted by atomic mass is 10.2. The van der Waals surface area contributed by atoms with Crippen LogP contribution in [-0.4, -0.2) is 64.9 Å². The normalized spacial score (nSPS) is 17.7. The van der Waals surface area contributed by atoms with E-state index in [-0.39, 0.29) is 11.8 Å². The number of hydrogen-bond donors (Lipinski definition) is 1. The number of carbonyl (C=O) groups is 2.